The van der Waals surface area contributed by atoms with Crippen molar-refractivity contribution < 1.29 is 24.4 Å². The van der Waals surface area contributed by atoms with Gasteiger partial charge in [-0.2, -0.15) is 0 Å². The van der Waals surface area contributed by atoms with Crippen molar-refractivity contribution in [3.63, 3.8) is 0 Å². The van der Waals surface area contributed by atoms with E-state index < -0.39 is 18.2 Å². The normalized spacial score (nSPS) is 18.0. The number of hydrogen-bond donors (Lipinski definition) is 3. The van der Waals surface area contributed by atoms with Gasteiger partial charge in [-0.05, 0) is 78.1 Å². The summed E-state index contributed by atoms with van der Waals surface area (Å²) in [5.41, 5.74) is 4.10. The van der Waals surface area contributed by atoms with Gasteiger partial charge >= 0.3 is 0 Å². The summed E-state index contributed by atoms with van der Waals surface area (Å²) >= 11 is 5.63. The average Bonchev–Trinajstić information content (AvgIpc) is 3.23. The molecule has 0 spiro atoms. The van der Waals surface area contributed by atoms with E-state index in [0.29, 0.717) is 24.0 Å². The first-order valence-electron chi connectivity index (χ1n) is 12.0. The number of ether oxygens (including phenoxy) is 1. The second-order valence-corrected chi connectivity index (χ2v) is 9.39. The number of halogens is 1. The van der Waals surface area contributed by atoms with Gasteiger partial charge in [-0.15, -0.1) is 0 Å². The number of phenols is 2. The highest BCUT2D eigenvalue weighted by Gasteiger charge is 2.42. The summed E-state index contributed by atoms with van der Waals surface area (Å²) in [7, 11) is 0. The van der Waals surface area contributed by atoms with Crippen LogP contribution >= 0.6 is 12.2 Å². The molecule has 5 rings (SSSR count). The Bertz CT molecular complexity index is 1380. The molecule has 0 saturated carbocycles. The molecule has 3 N–H and O–H groups in total. The third-order valence-corrected chi connectivity index (χ3v) is 6.94. The smallest absolute Gasteiger partial charge is 0.264 e. The van der Waals surface area contributed by atoms with Crippen LogP contribution in [0.2, 0.25) is 0 Å². The van der Waals surface area contributed by atoms with E-state index in [9.17, 15) is 19.7 Å². The highest BCUT2D eigenvalue weighted by Crippen LogP contribution is 2.44. The number of phenolic OH excluding ortho intramolecular Hbond substituents is 2. The van der Waals surface area contributed by atoms with Crippen molar-refractivity contribution >= 4 is 23.1 Å². The van der Waals surface area contributed by atoms with Gasteiger partial charge in [-0.1, -0.05) is 54.6 Å². The van der Waals surface area contributed by atoms with Crippen LogP contribution in [-0.4, -0.2) is 26.6 Å². The zero-order valence-corrected chi connectivity index (χ0v) is 20.7. The first-order chi connectivity index (χ1) is 17.9. The molecule has 4 aromatic carbocycles. The monoisotopic (exact) mass is 515 g/mol. The van der Waals surface area contributed by atoms with Gasteiger partial charge < -0.3 is 20.1 Å². The molecule has 1 fully saturated rings. The summed E-state index contributed by atoms with van der Waals surface area (Å²) < 4.78 is 19.4. The molecule has 4 aromatic rings. The second kappa shape index (κ2) is 10.6. The topological polar surface area (TPSA) is 73.2 Å². The summed E-state index contributed by atoms with van der Waals surface area (Å²) in [6.07, 6.45) is -0.532. The van der Waals surface area contributed by atoms with Crippen LogP contribution in [0.5, 0.6) is 11.5 Å². The first kappa shape index (κ1) is 24.7. The highest BCUT2D eigenvalue weighted by molar-refractivity contribution is 7.80. The lowest BCUT2D eigenvalue weighted by Gasteiger charge is -2.27. The molecule has 37 heavy (non-hydrogen) atoms. The van der Waals surface area contributed by atoms with Crippen molar-refractivity contribution in [2.24, 2.45) is 0 Å². The largest absolute Gasteiger partial charge is 0.508 e. The predicted molar refractivity (Wildman–Crippen MR) is 145 cm³/mol. The minimum absolute atomic E-state index is 0.0511. The number of aliphatic hydroxyl groups excluding tert-OH is 1. The molecule has 7 heteroatoms. The molecule has 5 nitrogen and oxygen atoms in total. The van der Waals surface area contributed by atoms with Crippen LogP contribution in [0.3, 0.4) is 0 Å². The van der Waals surface area contributed by atoms with Crippen LogP contribution in [0.4, 0.5) is 10.1 Å². The fraction of sp³-hybridized carbons (Fsp3) is 0.167. The number of aliphatic hydroxyl groups is 1. The summed E-state index contributed by atoms with van der Waals surface area (Å²) in [5.74, 6) is -0.490. The molecule has 0 radical (unpaired) electrons. The molecule has 0 amide bonds. The lowest BCUT2D eigenvalue weighted by atomic mass is 9.93. The minimum atomic E-state index is -0.814. The van der Waals surface area contributed by atoms with Crippen LogP contribution in [-0.2, 0) is 4.74 Å². The molecule has 1 aliphatic rings. The second-order valence-electron chi connectivity index (χ2n) is 9.04. The Labute approximate surface area is 220 Å². The van der Waals surface area contributed by atoms with E-state index in [0.717, 1.165) is 16.8 Å². The summed E-state index contributed by atoms with van der Waals surface area (Å²) in [6, 6.07) is 27.7. The number of benzene rings is 4. The third-order valence-electron chi connectivity index (χ3n) is 6.64. The fourth-order valence-electron chi connectivity index (χ4n) is 4.75. The number of rotatable bonds is 7. The van der Waals surface area contributed by atoms with Crippen molar-refractivity contribution in [1.29, 1.82) is 0 Å². The Kier molecular flexibility index (Phi) is 7.08. The zero-order valence-electron chi connectivity index (χ0n) is 19.9. The highest BCUT2D eigenvalue weighted by atomic mass is 32.1. The Morgan fingerprint density at radius 1 is 0.865 bits per heavy atom. The molecule has 0 aromatic heterocycles. The Morgan fingerprint density at radius 2 is 1.54 bits per heavy atom. The van der Waals surface area contributed by atoms with Gasteiger partial charge in [0, 0.05) is 17.3 Å². The molecule has 1 heterocycles. The van der Waals surface area contributed by atoms with Gasteiger partial charge in [-0.3, -0.25) is 4.90 Å². The van der Waals surface area contributed by atoms with E-state index >= 15 is 0 Å². The van der Waals surface area contributed by atoms with E-state index in [1.54, 1.807) is 18.2 Å². The lowest BCUT2D eigenvalue weighted by Crippen LogP contribution is -2.29. The molecule has 3 atom stereocenters. The van der Waals surface area contributed by atoms with Crippen LogP contribution in [0.15, 0.2) is 97.1 Å². The summed E-state index contributed by atoms with van der Waals surface area (Å²) in [5, 5.41) is 31.5. The number of hydrogen-bond acceptors (Lipinski definition) is 5. The van der Waals surface area contributed by atoms with Gasteiger partial charge in [0.1, 0.15) is 29.5 Å². The third kappa shape index (κ3) is 5.28. The zero-order chi connectivity index (χ0) is 25.9. The summed E-state index contributed by atoms with van der Waals surface area (Å²) in [6.45, 7) is 0. The van der Waals surface area contributed by atoms with E-state index in [1.807, 2.05) is 59.5 Å². The molecular weight excluding hydrogens is 489 g/mol. The van der Waals surface area contributed by atoms with Crippen molar-refractivity contribution in [2.45, 2.75) is 31.1 Å². The Morgan fingerprint density at radius 3 is 2.22 bits per heavy atom. The van der Waals surface area contributed by atoms with Crippen molar-refractivity contribution in [1.82, 2.24) is 0 Å². The van der Waals surface area contributed by atoms with Gasteiger partial charge in [0.05, 0.1) is 6.10 Å². The van der Waals surface area contributed by atoms with E-state index in [4.69, 9.17) is 17.0 Å². The van der Waals surface area contributed by atoms with Crippen LogP contribution in [0.25, 0.3) is 11.1 Å². The van der Waals surface area contributed by atoms with Crippen molar-refractivity contribution in [3.05, 3.63) is 114 Å². The maximum atomic E-state index is 13.3. The molecule has 0 unspecified atom stereocenters. The van der Waals surface area contributed by atoms with Crippen LogP contribution < -0.4 is 4.90 Å². The number of anilines is 1. The first-order valence-corrected chi connectivity index (χ1v) is 12.4. The quantitative estimate of drug-likeness (QED) is 0.239. The van der Waals surface area contributed by atoms with Crippen molar-refractivity contribution in [2.75, 3.05) is 4.90 Å². The van der Waals surface area contributed by atoms with E-state index in [-0.39, 0.29) is 22.5 Å². The fourth-order valence-corrected chi connectivity index (χ4v) is 5.10. The lowest BCUT2D eigenvalue weighted by molar-refractivity contribution is 0.126. The standard InChI is InChI=1S/C30H26FNO4S/c31-22-10-6-21(7-11-22)26(34)16-17-28-29(25-15-14-24(33)18-27(25)35)32(30(37)36-28)23-12-8-20(9-13-23)19-4-2-1-3-5-19/h1-15,18,26,28-29,33-35H,16-17H2/t26-,28+,29+/m0/s1. The van der Waals surface area contributed by atoms with Crippen molar-refractivity contribution in [3.8, 4) is 22.6 Å². The summed E-state index contributed by atoms with van der Waals surface area (Å²) in [4.78, 5) is 1.85. The number of nitrogens with zero attached hydrogens (tertiary/aromatic N) is 1. The molecule has 1 aliphatic heterocycles. The molecule has 188 valence electrons. The minimum Gasteiger partial charge on any atom is -0.508 e. The van der Waals surface area contributed by atoms with E-state index in [1.165, 1.54) is 24.3 Å². The molecule has 0 aliphatic carbocycles. The van der Waals surface area contributed by atoms with E-state index in [2.05, 4.69) is 0 Å². The van der Waals surface area contributed by atoms with Gasteiger partial charge in [0.25, 0.3) is 5.17 Å². The number of aromatic hydroxyl groups is 2. The maximum Gasteiger partial charge on any atom is 0.264 e. The number of thiocarbonyl (C=S) groups is 1. The predicted octanol–water partition coefficient (Wildman–Crippen LogP) is 6.65. The molecule has 1 saturated heterocycles. The molecule has 0 bridgehead atoms. The van der Waals surface area contributed by atoms with Gasteiger partial charge in [0.2, 0.25) is 0 Å². The van der Waals surface area contributed by atoms with Gasteiger partial charge in [0.15, 0.2) is 0 Å². The van der Waals surface area contributed by atoms with Gasteiger partial charge in [-0.25, -0.2) is 4.39 Å². The average molecular weight is 516 g/mol. The SMILES string of the molecule is Oc1ccc([C@@H]2[C@@H](CC[C@H](O)c3ccc(F)cc3)OC(=S)N2c2ccc(-c3ccccc3)cc2)c(O)c1. The van der Waals surface area contributed by atoms with Crippen LogP contribution in [0.1, 0.15) is 36.1 Å². The molecular formula is C30H26FNO4S. The maximum absolute atomic E-state index is 13.3. The Balaban J connectivity index is 1.44. The van der Waals surface area contributed by atoms with Crippen LogP contribution in [0, 0.1) is 5.82 Å². The Hall–Kier alpha value is -3.94.